The number of nitro groups is 1. The molecule has 0 aromatic heterocycles. The summed E-state index contributed by atoms with van der Waals surface area (Å²) in [7, 11) is 3.07. The third-order valence-electron chi connectivity index (χ3n) is 4.16. The van der Waals surface area contributed by atoms with Crippen molar-refractivity contribution in [1.82, 2.24) is 0 Å². The minimum absolute atomic E-state index is 0.0394. The summed E-state index contributed by atoms with van der Waals surface area (Å²) in [4.78, 5) is 26.0. The van der Waals surface area contributed by atoms with Crippen LogP contribution < -0.4 is 9.64 Å². The molecule has 0 bridgehead atoms. The van der Waals surface area contributed by atoms with E-state index < -0.39 is 10.8 Å². The zero-order chi connectivity index (χ0) is 19.4. The maximum absolute atomic E-state index is 13.0. The fourth-order valence-electron chi connectivity index (χ4n) is 2.58. The highest BCUT2D eigenvalue weighted by molar-refractivity contribution is 7.98. The predicted octanol–water partition coefficient (Wildman–Crippen LogP) is 4.73. The maximum Gasteiger partial charge on any atom is 0.285 e. The first kappa shape index (κ1) is 19.8. The van der Waals surface area contributed by atoms with Crippen LogP contribution in [0.2, 0.25) is 0 Å². The Kier molecular flexibility index (Phi) is 6.26. The van der Waals surface area contributed by atoms with Crippen LogP contribution in [0.15, 0.2) is 41.3 Å². The molecule has 0 aliphatic heterocycles. The molecule has 7 heteroatoms. The van der Waals surface area contributed by atoms with Gasteiger partial charge in [0.25, 0.3) is 11.6 Å². The van der Waals surface area contributed by atoms with Crippen molar-refractivity contribution in [2.75, 3.05) is 25.3 Å². The van der Waals surface area contributed by atoms with E-state index in [9.17, 15) is 14.9 Å². The molecule has 6 nitrogen and oxygen atoms in total. The van der Waals surface area contributed by atoms with Crippen molar-refractivity contribution >= 4 is 29.0 Å². The summed E-state index contributed by atoms with van der Waals surface area (Å²) >= 11 is 1.37. The highest BCUT2D eigenvalue weighted by atomic mass is 32.2. The molecule has 0 atom stereocenters. The van der Waals surface area contributed by atoms with Crippen molar-refractivity contribution in [2.24, 2.45) is 0 Å². The fourth-order valence-corrected chi connectivity index (χ4v) is 3.16. The van der Waals surface area contributed by atoms with Gasteiger partial charge in [0.2, 0.25) is 0 Å². The van der Waals surface area contributed by atoms with Crippen molar-refractivity contribution in [3.05, 3.63) is 57.6 Å². The molecule has 138 valence electrons. The van der Waals surface area contributed by atoms with E-state index in [1.54, 1.807) is 7.05 Å². The topological polar surface area (TPSA) is 72.7 Å². The molecule has 26 heavy (non-hydrogen) atoms. The van der Waals surface area contributed by atoms with E-state index in [1.165, 1.54) is 35.9 Å². The average molecular weight is 374 g/mol. The SMILES string of the molecule is COc1cc([N+](=O)[O-])c(C(=O)N(C)c2cccc(C(C)C)c2)cc1SC. The Labute approximate surface area is 157 Å². The molecule has 2 aromatic rings. The number of nitro benzene ring substituents is 1. The van der Waals surface area contributed by atoms with Gasteiger partial charge < -0.3 is 9.64 Å². The fraction of sp³-hybridized carbons (Fsp3) is 0.316. The van der Waals surface area contributed by atoms with E-state index in [2.05, 4.69) is 13.8 Å². The van der Waals surface area contributed by atoms with Gasteiger partial charge in [-0.15, -0.1) is 11.8 Å². The lowest BCUT2D eigenvalue weighted by Crippen LogP contribution is -2.27. The summed E-state index contributed by atoms with van der Waals surface area (Å²) in [5.74, 6) is 0.262. The third kappa shape index (κ3) is 3.99. The van der Waals surface area contributed by atoms with Gasteiger partial charge in [-0.1, -0.05) is 26.0 Å². The Bertz CT molecular complexity index is 836. The number of amides is 1. The number of rotatable bonds is 6. The molecule has 0 saturated carbocycles. The maximum atomic E-state index is 13.0. The molecular weight excluding hydrogens is 352 g/mol. The van der Waals surface area contributed by atoms with Gasteiger partial charge >= 0.3 is 0 Å². The number of ether oxygens (including phenoxy) is 1. The molecular formula is C19H22N2O4S. The molecule has 0 N–H and O–H groups in total. The first-order valence-corrected chi connectivity index (χ1v) is 9.31. The lowest BCUT2D eigenvalue weighted by Gasteiger charge is -2.20. The Morgan fingerprint density at radius 2 is 1.96 bits per heavy atom. The van der Waals surface area contributed by atoms with E-state index in [-0.39, 0.29) is 11.3 Å². The van der Waals surface area contributed by atoms with Gasteiger partial charge in [-0.3, -0.25) is 14.9 Å². The number of hydrogen-bond acceptors (Lipinski definition) is 5. The van der Waals surface area contributed by atoms with Gasteiger partial charge in [0, 0.05) is 12.7 Å². The van der Waals surface area contributed by atoms with Gasteiger partial charge in [-0.2, -0.15) is 0 Å². The number of hydrogen-bond donors (Lipinski definition) is 0. The van der Waals surface area contributed by atoms with E-state index >= 15 is 0 Å². The summed E-state index contributed by atoms with van der Waals surface area (Å²) < 4.78 is 5.20. The monoisotopic (exact) mass is 374 g/mol. The smallest absolute Gasteiger partial charge is 0.285 e. The van der Waals surface area contributed by atoms with Crippen LogP contribution in [0, 0.1) is 10.1 Å². The van der Waals surface area contributed by atoms with Crippen LogP contribution in [0.3, 0.4) is 0 Å². The van der Waals surface area contributed by atoms with Gasteiger partial charge in [-0.25, -0.2) is 0 Å². The quantitative estimate of drug-likeness (QED) is 0.415. The van der Waals surface area contributed by atoms with Gasteiger partial charge in [0.15, 0.2) is 0 Å². The van der Waals surface area contributed by atoms with Crippen LogP contribution in [0.5, 0.6) is 5.75 Å². The molecule has 0 aliphatic carbocycles. The Morgan fingerprint density at radius 3 is 2.50 bits per heavy atom. The van der Waals surface area contributed by atoms with Crippen molar-refractivity contribution in [1.29, 1.82) is 0 Å². The predicted molar refractivity (Wildman–Crippen MR) is 105 cm³/mol. The van der Waals surface area contributed by atoms with Gasteiger partial charge in [0.05, 0.1) is 23.0 Å². The van der Waals surface area contributed by atoms with Crippen molar-refractivity contribution in [2.45, 2.75) is 24.7 Å². The highest BCUT2D eigenvalue weighted by Gasteiger charge is 2.26. The van der Waals surface area contributed by atoms with Crippen LogP contribution in [-0.2, 0) is 0 Å². The molecule has 2 rings (SSSR count). The van der Waals surface area contributed by atoms with Crippen LogP contribution in [0.1, 0.15) is 35.7 Å². The normalized spacial score (nSPS) is 10.7. The van der Waals surface area contributed by atoms with Crippen LogP contribution >= 0.6 is 11.8 Å². The molecule has 2 aromatic carbocycles. The summed E-state index contributed by atoms with van der Waals surface area (Å²) in [5.41, 5.74) is 1.56. The van der Waals surface area contributed by atoms with Gasteiger partial charge in [0.1, 0.15) is 11.3 Å². The first-order valence-electron chi connectivity index (χ1n) is 8.08. The first-order chi connectivity index (χ1) is 12.3. The van der Waals surface area contributed by atoms with Crippen molar-refractivity contribution in [3.63, 3.8) is 0 Å². The zero-order valence-corrected chi connectivity index (χ0v) is 16.3. The minimum atomic E-state index is -0.557. The van der Waals surface area contributed by atoms with E-state index in [0.29, 0.717) is 22.3 Å². The number of anilines is 1. The lowest BCUT2D eigenvalue weighted by molar-refractivity contribution is -0.385. The van der Waals surface area contributed by atoms with E-state index in [4.69, 9.17) is 4.74 Å². The number of nitrogens with zero attached hydrogens (tertiary/aromatic N) is 2. The largest absolute Gasteiger partial charge is 0.495 e. The molecule has 0 fully saturated rings. The molecule has 0 heterocycles. The van der Waals surface area contributed by atoms with Crippen molar-refractivity contribution in [3.8, 4) is 5.75 Å². The van der Waals surface area contributed by atoms with Crippen molar-refractivity contribution < 1.29 is 14.5 Å². The van der Waals surface area contributed by atoms with Crippen LogP contribution in [0.4, 0.5) is 11.4 Å². The molecule has 0 radical (unpaired) electrons. The number of carbonyl (C=O) groups is 1. The minimum Gasteiger partial charge on any atom is -0.495 e. The zero-order valence-electron chi connectivity index (χ0n) is 15.5. The molecule has 0 unspecified atom stereocenters. The Balaban J connectivity index is 2.51. The number of thioether (sulfide) groups is 1. The lowest BCUT2D eigenvalue weighted by atomic mass is 10.0. The molecule has 0 aliphatic rings. The average Bonchev–Trinajstić information content (AvgIpc) is 2.65. The van der Waals surface area contributed by atoms with Crippen LogP contribution in [-0.4, -0.2) is 31.2 Å². The van der Waals surface area contributed by atoms with E-state index in [0.717, 1.165) is 5.56 Å². The summed E-state index contributed by atoms with van der Waals surface area (Å²) in [6.45, 7) is 4.14. The van der Waals surface area contributed by atoms with Gasteiger partial charge in [-0.05, 0) is 35.9 Å². The third-order valence-corrected chi connectivity index (χ3v) is 4.92. The summed E-state index contributed by atoms with van der Waals surface area (Å²) in [6, 6.07) is 10.4. The Hall–Kier alpha value is -2.54. The van der Waals surface area contributed by atoms with E-state index in [1.807, 2.05) is 30.5 Å². The molecule has 1 amide bonds. The molecule has 0 spiro atoms. The highest BCUT2D eigenvalue weighted by Crippen LogP contribution is 2.35. The number of carbonyl (C=O) groups excluding carboxylic acids is 1. The summed E-state index contributed by atoms with van der Waals surface area (Å²) in [5, 5.41) is 11.5. The van der Waals surface area contributed by atoms with Crippen LogP contribution in [0.25, 0.3) is 0 Å². The Morgan fingerprint density at radius 1 is 1.27 bits per heavy atom. The second-order valence-corrected chi connectivity index (χ2v) is 6.94. The second-order valence-electron chi connectivity index (χ2n) is 6.10. The standard InChI is InChI=1S/C19H22N2O4S/c1-12(2)13-7-6-8-14(9-13)20(3)19(22)15-10-18(26-5)17(25-4)11-16(15)21(23)24/h6-12H,1-5H3. The number of methoxy groups -OCH3 is 1. The summed E-state index contributed by atoms with van der Waals surface area (Å²) in [6.07, 6.45) is 1.83. The number of benzene rings is 2. The second kappa shape index (κ2) is 8.23. The molecule has 0 saturated heterocycles.